The molecule has 0 saturated carbocycles. The van der Waals surface area contributed by atoms with Crippen molar-refractivity contribution >= 4 is 17.2 Å². The van der Waals surface area contributed by atoms with E-state index < -0.39 is 0 Å². The van der Waals surface area contributed by atoms with E-state index in [1.165, 1.54) is 6.20 Å². The molecule has 4 aromatic rings. The highest BCUT2D eigenvalue weighted by Gasteiger charge is 2.08. The third-order valence-corrected chi connectivity index (χ3v) is 4.18. The van der Waals surface area contributed by atoms with Gasteiger partial charge in [0.15, 0.2) is 0 Å². The molecule has 0 spiro atoms. The SMILES string of the molecule is CCOc1ccc(C(=O)Nc2cccc(OCc3cn4ccccc4n3)c2)cn1. The van der Waals surface area contributed by atoms with Gasteiger partial charge >= 0.3 is 0 Å². The van der Waals surface area contributed by atoms with E-state index in [-0.39, 0.29) is 5.91 Å². The summed E-state index contributed by atoms with van der Waals surface area (Å²) in [7, 11) is 0. The van der Waals surface area contributed by atoms with Crippen LogP contribution >= 0.6 is 0 Å². The normalized spacial score (nSPS) is 10.7. The molecular weight excluding hydrogens is 368 g/mol. The van der Waals surface area contributed by atoms with E-state index in [0.29, 0.717) is 36.1 Å². The summed E-state index contributed by atoms with van der Waals surface area (Å²) >= 11 is 0. The second kappa shape index (κ2) is 8.43. The number of anilines is 1. The third-order valence-electron chi connectivity index (χ3n) is 4.18. The predicted octanol–water partition coefficient (Wildman–Crippen LogP) is 3.96. The van der Waals surface area contributed by atoms with Crippen LogP contribution in [0.3, 0.4) is 0 Å². The number of fused-ring (bicyclic) bond motifs is 1. The van der Waals surface area contributed by atoms with Crippen LogP contribution in [0.2, 0.25) is 0 Å². The van der Waals surface area contributed by atoms with E-state index >= 15 is 0 Å². The van der Waals surface area contributed by atoms with Crippen molar-refractivity contribution in [2.24, 2.45) is 0 Å². The number of carbonyl (C=O) groups is 1. The van der Waals surface area contributed by atoms with Gasteiger partial charge in [0.25, 0.3) is 5.91 Å². The number of benzene rings is 1. The highest BCUT2D eigenvalue weighted by Crippen LogP contribution is 2.20. The molecule has 146 valence electrons. The number of hydrogen-bond donors (Lipinski definition) is 1. The maximum absolute atomic E-state index is 12.4. The van der Waals surface area contributed by atoms with Crippen LogP contribution in [-0.2, 0) is 6.61 Å². The lowest BCUT2D eigenvalue weighted by atomic mass is 10.2. The summed E-state index contributed by atoms with van der Waals surface area (Å²) < 4.78 is 13.1. The van der Waals surface area contributed by atoms with Crippen LogP contribution in [0.4, 0.5) is 5.69 Å². The Kier molecular flexibility index (Phi) is 5.38. The fourth-order valence-corrected chi connectivity index (χ4v) is 2.83. The number of hydrogen-bond acceptors (Lipinski definition) is 5. The van der Waals surface area contributed by atoms with Gasteiger partial charge in [-0.1, -0.05) is 12.1 Å². The number of aromatic nitrogens is 3. The number of nitrogens with one attached hydrogen (secondary N) is 1. The first kappa shape index (κ1) is 18.5. The molecule has 0 unspecified atom stereocenters. The van der Waals surface area contributed by atoms with Gasteiger partial charge in [-0.05, 0) is 37.3 Å². The average molecular weight is 388 g/mol. The maximum atomic E-state index is 12.4. The molecule has 3 heterocycles. The van der Waals surface area contributed by atoms with Crippen LogP contribution in [0, 0.1) is 0 Å². The Balaban J connectivity index is 1.39. The molecule has 1 amide bonds. The van der Waals surface area contributed by atoms with Gasteiger partial charge < -0.3 is 19.2 Å². The summed E-state index contributed by atoms with van der Waals surface area (Å²) in [6.07, 6.45) is 5.36. The molecule has 0 bridgehead atoms. The zero-order valence-corrected chi connectivity index (χ0v) is 15.9. The van der Waals surface area contributed by atoms with Gasteiger partial charge in [-0.3, -0.25) is 4.79 Å². The van der Waals surface area contributed by atoms with Crippen LogP contribution in [0.5, 0.6) is 11.6 Å². The summed E-state index contributed by atoms with van der Waals surface area (Å²) in [6, 6.07) is 16.4. The molecule has 0 radical (unpaired) electrons. The molecule has 0 aliphatic rings. The van der Waals surface area contributed by atoms with Crippen LogP contribution < -0.4 is 14.8 Å². The molecule has 3 aromatic heterocycles. The largest absolute Gasteiger partial charge is 0.487 e. The zero-order valence-electron chi connectivity index (χ0n) is 15.9. The second-order valence-electron chi connectivity index (χ2n) is 6.29. The van der Waals surface area contributed by atoms with E-state index in [1.807, 2.05) is 54.0 Å². The minimum atomic E-state index is -0.252. The van der Waals surface area contributed by atoms with Crippen molar-refractivity contribution < 1.29 is 14.3 Å². The Morgan fingerprint density at radius 1 is 1.10 bits per heavy atom. The fourth-order valence-electron chi connectivity index (χ4n) is 2.83. The molecule has 1 N–H and O–H groups in total. The first-order valence-electron chi connectivity index (χ1n) is 9.27. The molecule has 0 aliphatic heterocycles. The van der Waals surface area contributed by atoms with Crippen molar-refractivity contribution in [1.29, 1.82) is 0 Å². The topological polar surface area (TPSA) is 77.8 Å². The first-order chi connectivity index (χ1) is 14.2. The van der Waals surface area contributed by atoms with Gasteiger partial charge in [-0.25, -0.2) is 9.97 Å². The molecule has 1 aromatic carbocycles. The Labute approximate surface area is 168 Å². The van der Waals surface area contributed by atoms with Gasteiger partial charge in [0.1, 0.15) is 18.0 Å². The first-order valence-corrected chi connectivity index (χ1v) is 9.27. The lowest BCUT2D eigenvalue weighted by Gasteiger charge is -2.09. The summed E-state index contributed by atoms with van der Waals surface area (Å²) in [4.78, 5) is 21.1. The Hall–Kier alpha value is -3.87. The molecule has 0 atom stereocenters. The quantitative estimate of drug-likeness (QED) is 0.519. The monoisotopic (exact) mass is 388 g/mol. The van der Waals surface area contributed by atoms with Crippen LogP contribution in [-0.4, -0.2) is 26.9 Å². The van der Waals surface area contributed by atoms with Crippen molar-refractivity contribution in [1.82, 2.24) is 14.4 Å². The Morgan fingerprint density at radius 2 is 2.03 bits per heavy atom. The molecule has 7 heteroatoms. The highest BCUT2D eigenvalue weighted by atomic mass is 16.5. The zero-order chi connectivity index (χ0) is 20.1. The van der Waals surface area contributed by atoms with Crippen LogP contribution in [0.1, 0.15) is 23.0 Å². The summed E-state index contributed by atoms with van der Waals surface area (Å²) in [6.45, 7) is 2.74. The predicted molar refractivity (Wildman–Crippen MR) is 109 cm³/mol. The Morgan fingerprint density at radius 3 is 2.83 bits per heavy atom. The second-order valence-corrected chi connectivity index (χ2v) is 6.29. The van der Waals surface area contributed by atoms with Crippen molar-refractivity contribution in [3.8, 4) is 11.6 Å². The van der Waals surface area contributed by atoms with E-state index in [2.05, 4.69) is 15.3 Å². The van der Waals surface area contributed by atoms with Gasteiger partial charge in [-0.2, -0.15) is 0 Å². The molecule has 0 fully saturated rings. The lowest BCUT2D eigenvalue weighted by Crippen LogP contribution is -2.12. The highest BCUT2D eigenvalue weighted by molar-refractivity contribution is 6.04. The summed E-state index contributed by atoms with van der Waals surface area (Å²) in [5, 5.41) is 2.85. The number of nitrogens with zero attached hydrogens (tertiary/aromatic N) is 3. The van der Waals surface area contributed by atoms with Crippen LogP contribution in [0.15, 0.2) is 73.2 Å². The van der Waals surface area contributed by atoms with E-state index in [0.717, 1.165) is 11.3 Å². The van der Waals surface area contributed by atoms with Crippen molar-refractivity contribution in [3.63, 3.8) is 0 Å². The van der Waals surface area contributed by atoms with Gasteiger partial charge in [0, 0.05) is 36.4 Å². The van der Waals surface area contributed by atoms with E-state index in [4.69, 9.17) is 9.47 Å². The minimum Gasteiger partial charge on any atom is -0.487 e. The van der Waals surface area contributed by atoms with Crippen LogP contribution in [0.25, 0.3) is 5.65 Å². The molecule has 29 heavy (non-hydrogen) atoms. The standard InChI is InChI=1S/C22H20N4O3/c1-2-28-21-10-9-16(13-23-21)22(27)25-17-6-5-7-19(12-17)29-15-18-14-26-11-4-3-8-20(26)24-18/h3-14H,2,15H2,1H3,(H,25,27). The third kappa shape index (κ3) is 4.52. The van der Waals surface area contributed by atoms with E-state index in [9.17, 15) is 4.79 Å². The van der Waals surface area contributed by atoms with Crippen molar-refractivity contribution in [2.45, 2.75) is 13.5 Å². The number of imidazole rings is 1. The molecule has 7 nitrogen and oxygen atoms in total. The van der Waals surface area contributed by atoms with Crippen molar-refractivity contribution in [2.75, 3.05) is 11.9 Å². The Bertz CT molecular complexity index is 1090. The van der Waals surface area contributed by atoms with Gasteiger partial charge in [0.2, 0.25) is 5.88 Å². The van der Waals surface area contributed by atoms with Gasteiger partial charge in [0.05, 0.1) is 17.9 Å². The molecular formula is C22H20N4O3. The summed E-state index contributed by atoms with van der Waals surface area (Å²) in [5.74, 6) is 0.883. The average Bonchev–Trinajstić information content (AvgIpc) is 3.16. The van der Waals surface area contributed by atoms with Gasteiger partial charge in [-0.15, -0.1) is 0 Å². The lowest BCUT2D eigenvalue weighted by molar-refractivity contribution is 0.102. The smallest absolute Gasteiger partial charge is 0.257 e. The van der Waals surface area contributed by atoms with E-state index in [1.54, 1.807) is 24.3 Å². The molecule has 4 rings (SSSR count). The van der Waals surface area contributed by atoms with Crippen molar-refractivity contribution in [3.05, 3.63) is 84.4 Å². The molecule has 0 saturated heterocycles. The number of carbonyl (C=O) groups excluding carboxylic acids is 1. The molecule has 0 aliphatic carbocycles. The minimum absolute atomic E-state index is 0.252. The number of ether oxygens (including phenoxy) is 2. The fraction of sp³-hybridized carbons (Fsp3) is 0.136. The number of amides is 1. The number of rotatable bonds is 7. The number of pyridine rings is 2. The maximum Gasteiger partial charge on any atom is 0.257 e. The summed E-state index contributed by atoms with van der Waals surface area (Å²) in [5.41, 5.74) is 2.78.